The maximum Gasteiger partial charge on any atom is -0.0235 e. The van der Waals surface area contributed by atoms with E-state index in [1.165, 1.54) is 24.7 Å². The molecule has 0 saturated heterocycles. The second-order valence-corrected chi connectivity index (χ2v) is 5.09. The van der Waals surface area contributed by atoms with Crippen LogP contribution in [0.3, 0.4) is 0 Å². The van der Waals surface area contributed by atoms with E-state index in [1.54, 1.807) is 25.7 Å². The number of hydrogen-bond donors (Lipinski definition) is 0. The van der Waals surface area contributed by atoms with Crippen LogP contribution in [0.1, 0.15) is 45.4 Å². The van der Waals surface area contributed by atoms with Gasteiger partial charge in [0, 0.05) is 0 Å². The quantitative estimate of drug-likeness (QED) is 0.538. The molecule has 0 aliphatic heterocycles. The van der Waals surface area contributed by atoms with Gasteiger partial charge >= 0.3 is 0 Å². The average Bonchev–Trinajstić information content (AvgIpc) is 2.32. The highest BCUT2D eigenvalue weighted by molar-refractivity contribution is 5.15. The first-order valence-corrected chi connectivity index (χ1v) is 5.34. The van der Waals surface area contributed by atoms with Crippen LogP contribution in [0, 0.1) is 23.2 Å². The maximum absolute atomic E-state index is 2.50. The summed E-state index contributed by atoms with van der Waals surface area (Å²) in [5.74, 6) is 3.47. The van der Waals surface area contributed by atoms with Crippen molar-refractivity contribution >= 4 is 0 Å². The zero-order valence-corrected chi connectivity index (χ0v) is 7.47. The van der Waals surface area contributed by atoms with Gasteiger partial charge in [0.05, 0.1) is 0 Å². The fourth-order valence-electron chi connectivity index (χ4n) is 3.79. The summed E-state index contributed by atoms with van der Waals surface area (Å²) in [6.45, 7) is 2.50. The van der Waals surface area contributed by atoms with Crippen molar-refractivity contribution in [1.82, 2.24) is 0 Å². The van der Waals surface area contributed by atoms with Gasteiger partial charge in [0.1, 0.15) is 0 Å². The minimum Gasteiger partial charge on any atom is -0.0617 e. The summed E-state index contributed by atoms with van der Waals surface area (Å²) in [7, 11) is 0. The first kappa shape index (κ1) is 6.51. The Morgan fingerprint density at radius 3 is 2.09 bits per heavy atom. The normalized spacial score (nSPS) is 46.6. The minimum absolute atomic E-state index is 0.922. The molecule has 0 aromatic heterocycles. The lowest BCUT2D eigenvalue weighted by atomic mass is 9.72. The van der Waals surface area contributed by atoms with Gasteiger partial charge in [-0.25, -0.2) is 0 Å². The third-order valence-corrected chi connectivity index (χ3v) is 4.94. The summed E-state index contributed by atoms with van der Waals surface area (Å²) < 4.78 is 0. The third kappa shape index (κ3) is 0.625. The predicted octanol–water partition coefficient (Wildman–Crippen LogP) is 3.22. The second kappa shape index (κ2) is 1.84. The standard InChI is InChI=1S/C11H18/c1-8-10(9-4-2-5-9)11(8)6-3-7-11/h8-10H,2-7H2,1H3. The molecular weight excluding hydrogens is 132 g/mol. The molecule has 0 aromatic rings. The first-order chi connectivity index (χ1) is 5.34. The molecule has 0 nitrogen and oxygen atoms in total. The SMILES string of the molecule is CC1C(C2CCC2)C12CCC2. The van der Waals surface area contributed by atoms with Gasteiger partial charge in [-0.2, -0.15) is 0 Å². The minimum atomic E-state index is 0.922. The van der Waals surface area contributed by atoms with Gasteiger partial charge in [0.2, 0.25) is 0 Å². The Kier molecular flexibility index (Phi) is 1.09. The molecule has 3 aliphatic rings. The lowest BCUT2D eigenvalue weighted by molar-refractivity contribution is 0.177. The lowest BCUT2D eigenvalue weighted by Gasteiger charge is -2.33. The van der Waals surface area contributed by atoms with Gasteiger partial charge in [-0.05, 0) is 36.0 Å². The average molecular weight is 150 g/mol. The molecule has 0 N–H and O–H groups in total. The smallest absolute Gasteiger partial charge is 0.0235 e. The molecular formula is C11H18. The van der Waals surface area contributed by atoms with E-state index in [-0.39, 0.29) is 0 Å². The Morgan fingerprint density at radius 1 is 1.09 bits per heavy atom. The van der Waals surface area contributed by atoms with Crippen molar-refractivity contribution in [2.24, 2.45) is 23.2 Å². The van der Waals surface area contributed by atoms with Crippen molar-refractivity contribution in [3.63, 3.8) is 0 Å². The Morgan fingerprint density at radius 2 is 1.82 bits per heavy atom. The summed E-state index contributed by atoms with van der Waals surface area (Å²) in [4.78, 5) is 0. The molecule has 2 unspecified atom stereocenters. The molecule has 3 fully saturated rings. The van der Waals surface area contributed by atoms with Crippen LogP contribution in [0.2, 0.25) is 0 Å². The molecule has 2 atom stereocenters. The van der Waals surface area contributed by atoms with Crippen LogP contribution in [0.5, 0.6) is 0 Å². The van der Waals surface area contributed by atoms with Crippen molar-refractivity contribution < 1.29 is 0 Å². The highest BCUT2D eigenvalue weighted by Crippen LogP contribution is 2.74. The summed E-state index contributed by atoms with van der Waals surface area (Å²) in [6, 6.07) is 0. The molecule has 0 bridgehead atoms. The summed E-state index contributed by atoms with van der Waals surface area (Å²) in [5, 5.41) is 0. The monoisotopic (exact) mass is 150 g/mol. The molecule has 3 saturated carbocycles. The van der Waals surface area contributed by atoms with Gasteiger partial charge < -0.3 is 0 Å². The molecule has 0 amide bonds. The van der Waals surface area contributed by atoms with Crippen LogP contribution in [0.15, 0.2) is 0 Å². The van der Waals surface area contributed by atoms with Crippen molar-refractivity contribution in [2.75, 3.05) is 0 Å². The van der Waals surface area contributed by atoms with E-state index in [4.69, 9.17) is 0 Å². The zero-order chi connectivity index (χ0) is 7.47. The van der Waals surface area contributed by atoms with Gasteiger partial charge in [0.15, 0.2) is 0 Å². The van der Waals surface area contributed by atoms with Gasteiger partial charge in [-0.1, -0.05) is 32.6 Å². The van der Waals surface area contributed by atoms with Crippen LogP contribution >= 0.6 is 0 Å². The van der Waals surface area contributed by atoms with E-state index in [9.17, 15) is 0 Å². The molecule has 0 aromatic carbocycles. The summed E-state index contributed by atoms with van der Waals surface area (Å²) in [6.07, 6.45) is 9.36. The van der Waals surface area contributed by atoms with Crippen LogP contribution in [0.25, 0.3) is 0 Å². The molecule has 0 radical (unpaired) electrons. The highest BCUT2D eigenvalue weighted by atomic mass is 14.7. The molecule has 0 heterocycles. The van der Waals surface area contributed by atoms with Gasteiger partial charge in [0.25, 0.3) is 0 Å². The Bertz CT molecular complexity index is 172. The van der Waals surface area contributed by atoms with Crippen molar-refractivity contribution in [3.8, 4) is 0 Å². The van der Waals surface area contributed by atoms with E-state index >= 15 is 0 Å². The fraction of sp³-hybridized carbons (Fsp3) is 1.00. The Balaban J connectivity index is 1.72. The number of hydrogen-bond acceptors (Lipinski definition) is 0. The largest absolute Gasteiger partial charge is 0.0617 e. The first-order valence-electron chi connectivity index (χ1n) is 5.34. The molecule has 62 valence electrons. The van der Waals surface area contributed by atoms with Crippen molar-refractivity contribution in [3.05, 3.63) is 0 Å². The van der Waals surface area contributed by atoms with Crippen LogP contribution in [-0.4, -0.2) is 0 Å². The summed E-state index contributed by atoms with van der Waals surface area (Å²) >= 11 is 0. The van der Waals surface area contributed by atoms with E-state index in [0.29, 0.717) is 0 Å². The van der Waals surface area contributed by atoms with Crippen LogP contribution in [-0.2, 0) is 0 Å². The maximum atomic E-state index is 2.50. The van der Waals surface area contributed by atoms with E-state index in [2.05, 4.69) is 6.92 Å². The molecule has 11 heavy (non-hydrogen) atoms. The number of rotatable bonds is 1. The highest BCUT2D eigenvalue weighted by Gasteiger charge is 2.66. The Labute approximate surface area is 69.4 Å². The van der Waals surface area contributed by atoms with E-state index in [1.807, 2.05) is 0 Å². The fourth-order valence-corrected chi connectivity index (χ4v) is 3.79. The van der Waals surface area contributed by atoms with E-state index < -0.39 is 0 Å². The van der Waals surface area contributed by atoms with Gasteiger partial charge in [-0.3, -0.25) is 0 Å². The Hall–Kier alpha value is 0. The molecule has 0 heteroatoms. The summed E-state index contributed by atoms with van der Waals surface area (Å²) in [5.41, 5.74) is 0.922. The molecule has 3 rings (SSSR count). The van der Waals surface area contributed by atoms with Gasteiger partial charge in [-0.15, -0.1) is 0 Å². The van der Waals surface area contributed by atoms with Crippen LogP contribution in [0.4, 0.5) is 0 Å². The lowest BCUT2D eigenvalue weighted by Crippen LogP contribution is -2.22. The second-order valence-electron chi connectivity index (χ2n) is 5.09. The topological polar surface area (TPSA) is 0 Å². The van der Waals surface area contributed by atoms with Crippen molar-refractivity contribution in [1.29, 1.82) is 0 Å². The molecule has 3 aliphatic carbocycles. The van der Waals surface area contributed by atoms with E-state index in [0.717, 1.165) is 11.3 Å². The third-order valence-electron chi connectivity index (χ3n) is 4.94. The van der Waals surface area contributed by atoms with Crippen LogP contribution < -0.4 is 0 Å². The molecule has 1 spiro atoms. The zero-order valence-electron chi connectivity index (χ0n) is 7.47. The predicted molar refractivity (Wildman–Crippen MR) is 46.3 cm³/mol. The van der Waals surface area contributed by atoms with Crippen molar-refractivity contribution in [2.45, 2.75) is 45.4 Å².